The maximum absolute atomic E-state index is 11.8. The molecular weight excluding hydrogens is 228 g/mol. The summed E-state index contributed by atoms with van der Waals surface area (Å²) in [5.74, 6) is 0. The van der Waals surface area contributed by atoms with E-state index < -0.39 is 5.56 Å². The molecule has 2 rings (SSSR count). The van der Waals surface area contributed by atoms with E-state index in [0.29, 0.717) is 10.7 Å². The molecule has 2 aromatic rings. The fourth-order valence-corrected chi connectivity index (χ4v) is 1.77. The number of thioether (sulfide) groups is 1. The zero-order valence-corrected chi connectivity index (χ0v) is 9.91. The molecule has 0 saturated heterocycles. The van der Waals surface area contributed by atoms with Gasteiger partial charge in [-0.2, -0.15) is 0 Å². The van der Waals surface area contributed by atoms with Crippen LogP contribution >= 0.6 is 11.8 Å². The van der Waals surface area contributed by atoms with Crippen molar-refractivity contribution in [1.29, 1.82) is 0 Å². The molecule has 0 aliphatic rings. The van der Waals surface area contributed by atoms with Crippen molar-refractivity contribution in [3.63, 3.8) is 0 Å². The molecule has 0 fully saturated rings. The van der Waals surface area contributed by atoms with Crippen LogP contribution in [0.1, 0.15) is 0 Å². The van der Waals surface area contributed by atoms with E-state index in [0.717, 1.165) is 4.57 Å². The Hall–Kier alpha value is -1.63. The van der Waals surface area contributed by atoms with E-state index in [1.807, 2.05) is 6.26 Å². The van der Waals surface area contributed by atoms with Crippen molar-refractivity contribution in [3.05, 3.63) is 27.0 Å². The summed E-state index contributed by atoms with van der Waals surface area (Å²) in [6.45, 7) is 0. The van der Waals surface area contributed by atoms with Crippen LogP contribution in [0.4, 0.5) is 0 Å². The third kappa shape index (κ3) is 1.44. The van der Waals surface area contributed by atoms with Gasteiger partial charge < -0.3 is 0 Å². The molecule has 0 atom stereocenters. The standard InChI is InChI=1S/C9H10N4O2S/c1-12-5-4-10-8(16-3)11-6(5)7(14)13(2)9(12)15/h4H,1-3H3. The summed E-state index contributed by atoms with van der Waals surface area (Å²) >= 11 is 1.35. The molecule has 84 valence electrons. The van der Waals surface area contributed by atoms with E-state index in [1.54, 1.807) is 7.05 Å². The first-order valence-corrected chi connectivity index (χ1v) is 5.75. The number of aryl methyl sites for hydroxylation is 1. The van der Waals surface area contributed by atoms with Gasteiger partial charge in [-0.25, -0.2) is 14.8 Å². The summed E-state index contributed by atoms with van der Waals surface area (Å²) in [5, 5.41) is 0.517. The quantitative estimate of drug-likeness (QED) is 0.506. The molecule has 2 aromatic heterocycles. The summed E-state index contributed by atoms with van der Waals surface area (Å²) in [4.78, 5) is 31.6. The fraction of sp³-hybridized carbons (Fsp3) is 0.333. The lowest BCUT2D eigenvalue weighted by Crippen LogP contribution is -2.37. The van der Waals surface area contributed by atoms with Crippen molar-refractivity contribution in [2.24, 2.45) is 14.1 Å². The molecular formula is C9H10N4O2S. The van der Waals surface area contributed by atoms with Crippen LogP contribution in [-0.4, -0.2) is 25.4 Å². The SMILES string of the molecule is CSc1ncc2c(n1)c(=O)n(C)c(=O)n2C. The van der Waals surface area contributed by atoms with Gasteiger partial charge in [0, 0.05) is 14.1 Å². The first kappa shape index (κ1) is 10.9. The van der Waals surface area contributed by atoms with Crippen LogP contribution in [0.15, 0.2) is 20.9 Å². The molecule has 0 N–H and O–H groups in total. The molecule has 0 aromatic carbocycles. The lowest BCUT2D eigenvalue weighted by Gasteiger charge is -2.06. The van der Waals surface area contributed by atoms with Crippen LogP contribution in [0.3, 0.4) is 0 Å². The van der Waals surface area contributed by atoms with E-state index in [1.165, 1.54) is 29.6 Å². The second-order valence-corrected chi connectivity index (χ2v) is 4.07. The lowest BCUT2D eigenvalue weighted by atomic mass is 10.4. The van der Waals surface area contributed by atoms with Gasteiger partial charge in [-0.1, -0.05) is 11.8 Å². The summed E-state index contributed by atoms with van der Waals surface area (Å²) in [6.07, 6.45) is 3.32. The highest BCUT2D eigenvalue weighted by Crippen LogP contribution is 2.10. The molecule has 7 heteroatoms. The Morgan fingerprint density at radius 3 is 2.56 bits per heavy atom. The summed E-state index contributed by atoms with van der Waals surface area (Å²) in [7, 11) is 3.03. The minimum atomic E-state index is -0.393. The normalized spacial score (nSPS) is 10.9. The Morgan fingerprint density at radius 1 is 1.25 bits per heavy atom. The van der Waals surface area contributed by atoms with Crippen LogP contribution < -0.4 is 11.2 Å². The van der Waals surface area contributed by atoms with Gasteiger partial charge in [-0.15, -0.1) is 0 Å². The van der Waals surface area contributed by atoms with Crippen LogP contribution in [0.2, 0.25) is 0 Å². The minimum Gasteiger partial charge on any atom is -0.293 e. The van der Waals surface area contributed by atoms with Crippen LogP contribution in [0, 0.1) is 0 Å². The molecule has 6 nitrogen and oxygen atoms in total. The Balaban J connectivity index is 3.03. The summed E-state index contributed by atoms with van der Waals surface area (Å²) < 4.78 is 2.40. The number of aromatic nitrogens is 4. The maximum Gasteiger partial charge on any atom is 0.331 e. The predicted octanol–water partition coefficient (Wildman–Crippen LogP) is -0.251. The number of fused-ring (bicyclic) bond motifs is 1. The molecule has 0 saturated carbocycles. The monoisotopic (exact) mass is 238 g/mol. The van der Waals surface area contributed by atoms with Gasteiger partial charge in [-0.3, -0.25) is 13.9 Å². The van der Waals surface area contributed by atoms with Crippen LogP contribution in [0.5, 0.6) is 0 Å². The molecule has 0 amide bonds. The van der Waals surface area contributed by atoms with E-state index in [-0.39, 0.29) is 11.2 Å². The largest absolute Gasteiger partial charge is 0.331 e. The van der Waals surface area contributed by atoms with Gasteiger partial charge in [0.25, 0.3) is 5.56 Å². The molecule has 0 bridgehead atoms. The van der Waals surface area contributed by atoms with E-state index in [9.17, 15) is 9.59 Å². The molecule has 0 unspecified atom stereocenters. The second kappa shape index (κ2) is 3.75. The molecule has 0 radical (unpaired) electrons. The van der Waals surface area contributed by atoms with Crippen LogP contribution in [0.25, 0.3) is 11.0 Å². The third-order valence-electron chi connectivity index (χ3n) is 2.37. The van der Waals surface area contributed by atoms with Gasteiger partial charge in [0.2, 0.25) is 0 Å². The fourth-order valence-electron chi connectivity index (χ4n) is 1.43. The molecule has 0 spiro atoms. The molecule has 0 aliphatic carbocycles. The molecule has 16 heavy (non-hydrogen) atoms. The number of hydrogen-bond donors (Lipinski definition) is 0. The van der Waals surface area contributed by atoms with Crippen LogP contribution in [-0.2, 0) is 14.1 Å². The van der Waals surface area contributed by atoms with Crippen molar-refractivity contribution < 1.29 is 0 Å². The average molecular weight is 238 g/mol. The first-order valence-electron chi connectivity index (χ1n) is 4.53. The minimum absolute atomic E-state index is 0.268. The summed E-state index contributed by atoms with van der Waals surface area (Å²) in [6, 6.07) is 0. The molecule has 2 heterocycles. The van der Waals surface area contributed by atoms with Gasteiger partial charge >= 0.3 is 5.69 Å². The van der Waals surface area contributed by atoms with E-state index >= 15 is 0 Å². The van der Waals surface area contributed by atoms with Crippen molar-refractivity contribution in [2.45, 2.75) is 5.16 Å². The number of hydrogen-bond acceptors (Lipinski definition) is 5. The van der Waals surface area contributed by atoms with Crippen molar-refractivity contribution in [3.8, 4) is 0 Å². The van der Waals surface area contributed by atoms with Gasteiger partial charge in [-0.05, 0) is 6.26 Å². The van der Waals surface area contributed by atoms with E-state index in [4.69, 9.17) is 0 Å². The zero-order chi connectivity index (χ0) is 11.9. The Labute approximate surface area is 95.0 Å². The Bertz CT molecular complexity index is 673. The number of nitrogens with zero attached hydrogens (tertiary/aromatic N) is 4. The van der Waals surface area contributed by atoms with Gasteiger partial charge in [0.05, 0.1) is 11.7 Å². The van der Waals surface area contributed by atoms with Gasteiger partial charge in [0.1, 0.15) is 0 Å². The second-order valence-electron chi connectivity index (χ2n) is 3.30. The summed E-state index contributed by atoms with van der Waals surface area (Å²) in [5.41, 5.74) is -0.0522. The van der Waals surface area contributed by atoms with Gasteiger partial charge in [0.15, 0.2) is 10.7 Å². The van der Waals surface area contributed by atoms with Crippen molar-refractivity contribution >= 4 is 22.8 Å². The topological polar surface area (TPSA) is 69.8 Å². The highest BCUT2D eigenvalue weighted by molar-refractivity contribution is 7.98. The highest BCUT2D eigenvalue weighted by Gasteiger charge is 2.10. The number of rotatable bonds is 1. The average Bonchev–Trinajstić information content (AvgIpc) is 2.33. The smallest absolute Gasteiger partial charge is 0.293 e. The predicted molar refractivity (Wildman–Crippen MR) is 61.8 cm³/mol. The van der Waals surface area contributed by atoms with Crippen molar-refractivity contribution in [1.82, 2.24) is 19.1 Å². The third-order valence-corrected chi connectivity index (χ3v) is 2.93. The molecule has 0 aliphatic heterocycles. The lowest BCUT2D eigenvalue weighted by molar-refractivity contribution is 0.706. The van der Waals surface area contributed by atoms with Crippen molar-refractivity contribution in [2.75, 3.05) is 6.26 Å². The first-order chi connectivity index (χ1) is 7.56. The van der Waals surface area contributed by atoms with E-state index in [2.05, 4.69) is 9.97 Å². The zero-order valence-electron chi connectivity index (χ0n) is 9.09. The Morgan fingerprint density at radius 2 is 1.94 bits per heavy atom. The maximum atomic E-state index is 11.8. The highest BCUT2D eigenvalue weighted by atomic mass is 32.2. The Kier molecular flexibility index (Phi) is 2.55.